The van der Waals surface area contributed by atoms with E-state index in [1.807, 2.05) is 0 Å². The number of nitrogens with zero attached hydrogens (tertiary/aromatic N) is 1. The van der Waals surface area contributed by atoms with Crippen molar-refractivity contribution in [2.75, 3.05) is 19.8 Å². The molecule has 25 heavy (non-hydrogen) atoms. The molecule has 1 N–H and O–H groups in total. The molecule has 0 aliphatic rings. The van der Waals surface area contributed by atoms with Gasteiger partial charge >= 0.3 is 11.9 Å². The molecule has 136 valence electrons. The predicted molar refractivity (Wildman–Crippen MR) is 87.0 cm³/mol. The van der Waals surface area contributed by atoms with Crippen molar-refractivity contribution in [3.8, 4) is 0 Å². The molecule has 0 spiro atoms. The Bertz CT molecular complexity index is 658. The molecule has 0 aliphatic heterocycles. The predicted octanol–water partition coefficient (Wildman–Crippen LogP) is 1.52. The van der Waals surface area contributed by atoms with Crippen LogP contribution >= 0.6 is 0 Å². The summed E-state index contributed by atoms with van der Waals surface area (Å²) in [5.41, 5.74) is 0.00882. The first-order valence-electron chi connectivity index (χ1n) is 7.70. The number of amides is 1. The van der Waals surface area contributed by atoms with Gasteiger partial charge in [-0.2, -0.15) is 0 Å². The number of benzene rings is 1. The van der Waals surface area contributed by atoms with Crippen LogP contribution in [0.15, 0.2) is 18.2 Å². The number of nitro groups is 1. The number of ether oxygens (including phenoxy) is 2. The van der Waals surface area contributed by atoms with Crippen molar-refractivity contribution in [3.05, 3.63) is 39.4 Å². The number of hydrogen-bond acceptors (Lipinski definition) is 7. The highest BCUT2D eigenvalue weighted by molar-refractivity contribution is 5.93. The van der Waals surface area contributed by atoms with Crippen molar-refractivity contribution < 1.29 is 28.8 Å². The van der Waals surface area contributed by atoms with Gasteiger partial charge in [-0.3, -0.25) is 19.7 Å². The third-order valence-electron chi connectivity index (χ3n) is 3.24. The van der Waals surface area contributed by atoms with Crippen LogP contribution in [0.3, 0.4) is 0 Å². The molecule has 1 amide bonds. The first-order valence-corrected chi connectivity index (χ1v) is 7.70. The quantitative estimate of drug-likeness (QED) is 0.309. The molecule has 0 atom stereocenters. The average molecular weight is 352 g/mol. The fraction of sp³-hybridized carbons (Fsp3) is 0.438. The summed E-state index contributed by atoms with van der Waals surface area (Å²) in [7, 11) is 0. The maximum Gasteiger partial charge on any atom is 0.339 e. The van der Waals surface area contributed by atoms with Gasteiger partial charge in [0, 0.05) is 24.6 Å². The first-order chi connectivity index (χ1) is 11.9. The summed E-state index contributed by atoms with van der Waals surface area (Å²) in [6.07, 6.45) is 0.587. The Morgan fingerprint density at radius 2 is 1.96 bits per heavy atom. The van der Waals surface area contributed by atoms with Gasteiger partial charge in [0.2, 0.25) is 0 Å². The van der Waals surface area contributed by atoms with E-state index in [1.54, 1.807) is 6.92 Å². The highest BCUT2D eigenvalue weighted by Gasteiger charge is 2.19. The Hall–Kier alpha value is -2.97. The molecule has 0 aliphatic carbocycles. The fourth-order valence-electron chi connectivity index (χ4n) is 2.00. The van der Waals surface area contributed by atoms with Crippen LogP contribution in [0.2, 0.25) is 0 Å². The number of nitro benzene ring substituents is 1. The molecular weight excluding hydrogens is 332 g/mol. The maximum atomic E-state index is 11.9. The molecule has 1 aromatic rings. The molecule has 0 saturated heterocycles. The second-order valence-electron chi connectivity index (χ2n) is 5.04. The lowest BCUT2D eigenvalue weighted by Gasteiger charge is -2.08. The van der Waals surface area contributed by atoms with E-state index in [2.05, 4.69) is 5.32 Å². The van der Waals surface area contributed by atoms with E-state index < -0.39 is 23.4 Å². The number of rotatable bonds is 9. The van der Waals surface area contributed by atoms with E-state index >= 15 is 0 Å². The number of carbonyl (C=O) groups is 3. The lowest BCUT2D eigenvalue weighted by Crippen LogP contribution is -2.30. The maximum absolute atomic E-state index is 11.9. The van der Waals surface area contributed by atoms with E-state index in [0.29, 0.717) is 13.0 Å². The van der Waals surface area contributed by atoms with Gasteiger partial charge in [-0.25, -0.2) is 4.79 Å². The van der Waals surface area contributed by atoms with Gasteiger partial charge in [0.1, 0.15) is 0 Å². The van der Waals surface area contributed by atoms with E-state index in [-0.39, 0.29) is 35.7 Å². The second kappa shape index (κ2) is 10.0. The van der Waals surface area contributed by atoms with Crippen molar-refractivity contribution in [2.45, 2.75) is 26.7 Å². The van der Waals surface area contributed by atoms with E-state index in [1.165, 1.54) is 25.1 Å². The van der Waals surface area contributed by atoms with Gasteiger partial charge in [-0.05, 0) is 26.3 Å². The summed E-state index contributed by atoms with van der Waals surface area (Å²) in [5.74, 6) is -1.69. The lowest BCUT2D eigenvalue weighted by molar-refractivity contribution is -0.385. The van der Waals surface area contributed by atoms with Crippen molar-refractivity contribution in [1.82, 2.24) is 5.32 Å². The van der Waals surface area contributed by atoms with Gasteiger partial charge in [0.25, 0.3) is 11.6 Å². The number of carbonyl (C=O) groups excluding carboxylic acids is 3. The summed E-state index contributed by atoms with van der Waals surface area (Å²) >= 11 is 0. The Labute approximate surface area is 144 Å². The van der Waals surface area contributed by atoms with E-state index in [0.717, 1.165) is 0 Å². The summed E-state index contributed by atoms with van der Waals surface area (Å²) in [6.45, 7) is 3.17. The molecule has 0 radical (unpaired) electrons. The van der Waals surface area contributed by atoms with Crippen molar-refractivity contribution >= 4 is 23.5 Å². The minimum atomic E-state index is -0.817. The zero-order valence-corrected chi connectivity index (χ0v) is 14.1. The van der Waals surface area contributed by atoms with Crippen LogP contribution in [-0.4, -0.2) is 42.5 Å². The third kappa shape index (κ3) is 6.58. The Morgan fingerprint density at radius 3 is 2.60 bits per heavy atom. The van der Waals surface area contributed by atoms with E-state index in [4.69, 9.17) is 9.47 Å². The third-order valence-corrected chi connectivity index (χ3v) is 3.24. The normalized spacial score (nSPS) is 10.0. The number of nitrogens with one attached hydrogen (secondary N) is 1. The Kier molecular flexibility index (Phi) is 8.04. The van der Waals surface area contributed by atoms with Crippen molar-refractivity contribution in [2.24, 2.45) is 0 Å². The van der Waals surface area contributed by atoms with Gasteiger partial charge in [-0.1, -0.05) is 6.07 Å². The topological polar surface area (TPSA) is 125 Å². The molecule has 0 unspecified atom stereocenters. The van der Waals surface area contributed by atoms with Crippen LogP contribution in [0.25, 0.3) is 0 Å². The molecule has 0 saturated carbocycles. The zero-order valence-electron chi connectivity index (χ0n) is 14.1. The minimum absolute atomic E-state index is 0.0318. The Morgan fingerprint density at radius 1 is 1.24 bits per heavy atom. The highest BCUT2D eigenvalue weighted by atomic mass is 16.6. The lowest BCUT2D eigenvalue weighted by atomic mass is 10.1. The van der Waals surface area contributed by atoms with Crippen LogP contribution in [0.1, 0.15) is 35.7 Å². The summed E-state index contributed by atoms with van der Waals surface area (Å²) < 4.78 is 9.60. The molecule has 0 bridgehead atoms. The van der Waals surface area contributed by atoms with Crippen molar-refractivity contribution in [3.63, 3.8) is 0 Å². The average Bonchev–Trinajstić information content (AvgIpc) is 2.56. The SMILES string of the molecule is CCOC(=O)CCCNC(=O)COC(=O)c1cccc([N+](=O)[O-])c1C. The minimum Gasteiger partial charge on any atom is -0.466 e. The molecule has 0 aromatic heterocycles. The molecule has 0 heterocycles. The Balaban J connectivity index is 2.41. The molecule has 9 nitrogen and oxygen atoms in total. The molecule has 9 heteroatoms. The van der Waals surface area contributed by atoms with Crippen LogP contribution in [0.4, 0.5) is 5.69 Å². The first kappa shape index (κ1) is 20.1. The monoisotopic (exact) mass is 352 g/mol. The fourth-order valence-corrected chi connectivity index (χ4v) is 2.00. The standard InChI is InChI=1S/C16H20N2O7/c1-3-24-15(20)8-5-9-17-14(19)10-25-16(21)12-6-4-7-13(11(12)2)18(22)23/h4,6-7H,3,5,8-10H2,1-2H3,(H,17,19). The second-order valence-corrected chi connectivity index (χ2v) is 5.04. The van der Waals surface area contributed by atoms with E-state index in [9.17, 15) is 24.5 Å². The smallest absolute Gasteiger partial charge is 0.339 e. The molecular formula is C16H20N2O7. The van der Waals surface area contributed by atoms with Crippen LogP contribution in [0, 0.1) is 17.0 Å². The van der Waals surface area contributed by atoms with Crippen molar-refractivity contribution in [1.29, 1.82) is 0 Å². The molecule has 0 fully saturated rings. The van der Waals surface area contributed by atoms with Gasteiger partial charge in [0.15, 0.2) is 6.61 Å². The summed E-state index contributed by atoms with van der Waals surface area (Å²) in [6, 6.07) is 4.04. The number of esters is 2. The van der Waals surface area contributed by atoms with Gasteiger partial charge in [0.05, 0.1) is 17.1 Å². The zero-order chi connectivity index (χ0) is 18.8. The highest BCUT2D eigenvalue weighted by Crippen LogP contribution is 2.21. The van der Waals surface area contributed by atoms with Gasteiger partial charge < -0.3 is 14.8 Å². The molecule has 1 aromatic carbocycles. The van der Waals surface area contributed by atoms with Crippen LogP contribution < -0.4 is 5.32 Å². The summed E-state index contributed by atoms with van der Waals surface area (Å²) in [4.78, 5) is 44.9. The van der Waals surface area contributed by atoms with Gasteiger partial charge in [-0.15, -0.1) is 0 Å². The van der Waals surface area contributed by atoms with Crippen LogP contribution in [-0.2, 0) is 19.1 Å². The van der Waals surface area contributed by atoms with Crippen LogP contribution in [0.5, 0.6) is 0 Å². The number of hydrogen-bond donors (Lipinski definition) is 1. The molecule has 1 rings (SSSR count). The summed E-state index contributed by atoms with van der Waals surface area (Å²) in [5, 5.41) is 13.4. The largest absolute Gasteiger partial charge is 0.466 e.